The minimum atomic E-state index is -0.00434. The van der Waals surface area contributed by atoms with Gasteiger partial charge in [0.25, 0.3) is 0 Å². The number of rotatable bonds is 8. The molecule has 1 N–H and O–H groups in total. The molecule has 0 bridgehead atoms. The Morgan fingerprint density at radius 3 is 2.28 bits per heavy atom. The summed E-state index contributed by atoms with van der Waals surface area (Å²) in [4.78, 5) is 14.6. The van der Waals surface area contributed by atoms with Crippen LogP contribution in [0.15, 0.2) is 48.5 Å². The van der Waals surface area contributed by atoms with Crippen LogP contribution in [-0.2, 0) is 11.3 Å². The fourth-order valence-corrected chi connectivity index (χ4v) is 3.47. The van der Waals surface area contributed by atoms with Crippen molar-refractivity contribution in [3.8, 4) is 17.2 Å². The summed E-state index contributed by atoms with van der Waals surface area (Å²) in [5.74, 6) is 1.69. The van der Waals surface area contributed by atoms with Crippen molar-refractivity contribution in [2.75, 3.05) is 41.0 Å². The quantitative estimate of drug-likeness (QED) is 0.743. The van der Waals surface area contributed by atoms with Crippen LogP contribution in [-0.4, -0.2) is 51.8 Å². The van der Waals surface area contributed by atoms with Crippen molar-refractivity contribution in [1.29, 1.82) is 0 Å². The summed E-state index contributed by atoms with van der Waals surface area (Å²) in [5, 5.41) is 2.98. The van der Waals surface area contributed by atoms with Gasteiger partial charge in [-0.25, -0.2) is 0 Å². The van der Waals surface area contributed by atoms with Crippen LogP contribution in [0.3, 0.4) is 0 Å². The molecule has 29 heavy (non-hydrogen) atoms. The average Bonchev–Trinajstić information content (AvgIpc) is 2.78. The fraction of sp³-hybridized carbons (Fsp3) is 0.348. The third-order valence-corrected chi connectivity index (χ3v) is 5.02. The van der Waals surface area contributed by atoms with Crippen molar-refractivity contribution >= 4 is 11.5 Å². The maximum atomic E-state index is 12.4. The molecule has 0 radical (unpaired) electrons. The molecule has 3 rings (SSSR count). The number of hydrogen-bond acceptors (Lipinski definition) is 5. The standard InChI is InChI=1S/C23H28N2O4/c1-27-20-13-17(14-21(28-2)23(20)29-3)15-24-22(26)16-25-11-9-19(10-12-25)18-7-5-4-6-8-18/h4-9,13-14H,10-12,15-16H2,1-3H3,(H,24,26). The third-order valence-electron chi connectivity index (χ3n) is 5.02. The molecular weight excluding hydrogens is 368 g/mol. The second-order valence-corrected chi connectivity index (χ2v) is 6.89. The van der Waals surface area contributed by atoms with E-state index in [-0.39, 0.29) is 5.91 Å². The normalized spacial score (nSPS) is 14.1. The van der Waals surface area contributed by atoms with Crippen LogP contribution in [0.25, 0.3) is 5.57 Å². The summed E-state index contributed by atoms with van der Waals surface area (Å²) in [6.07, 6.45) is 3.16. The van der Waals surface area contributed by atoms with E-state index in [1.807, 2.05) is 18.2 Å². The van der Waals surface area contributed by atoms with Crippen LogP contribution < -0.4 is 19.5 Å². The van der Waals surface area contributed by atoms with Crippen molar-refractivity contribution in [1.82, 2.24) is 10.2 Å². The predicted octanol–water partition coefficient (Wildman–Crippen LogP) is 3.12. The lowest BCUT2D eigenvalue weighted by atomic mass is 10.00. The van der Waals surface area contributed by atoms with E-state index >= 15 is 0 Å². The maximum absolute atomic E-state index is 12.4. The molecule has 2 aromatic carbocycles. The lowest BCUT2D eigenvalue weighted by Gasteiger charge is -2.26. The molecule has 154 valence electrons. The van der Waals surface area contributed by atoms with Gasteiger partial charge in [-0.3, -0.25) is 9.69 Å². The topological polar surface area (TPSA) is 60.0 Å². The van der Waals surface area contributed by atoms with Crippen molar-refractivity contribution in [3.63, 3.8) is 0 Å². The zero-order valence-corrected chi connectivity index (χ0v) is 17.2. The van der Waals surface area contributed by atoms with Gasteiger partial charge in [-0.05, 0) is 35.3 Å². The van der Waals surface area contributed by atoms with Gasteiger partial charge in [0.2, 0.25) is 11.7 Å². The highest BCUT2D eigenvalue weighted by atomic mass is 16.5. The molecule has 1 aliphatic rings. The Morgan fingerprint density at radius 1 is 1.03 bits per heavy atom. The van der Waals surface area contributed by atoms with Gasteiger partial charge in [0.05, 0.1) is 27.9 Å². The summed E-state index contributed by atoms with van der Waals surface area (Å²) in [6, 6.07) is 14.1. The first kappa shape index (κ1) is 20.7. The van der Waals surface area contributed by atoms with Crippen LogP contribution in [0.5, 0.6) is 17.2 Å². The average molecular weight is 396 g/mol. The molecule has 1 heterocycles. The Hall–Kier alpha value is -2.99. The third kappa shape index (κ3) is 5.29. The molecule has 0 aliphatic carbocycles. The maximum Gasteiger partial charge on any atom is 0.234 e. The van der Waals surface area contributed by atoms with E-state index < -0.39 is 0 Å². The molecule has 0 atom stereocenters. The monoisotopic (exact) mass is 396 g/mol. The summed E-state index contributed by atoms with van der Waals surface area (Å²) in [7, 11) is 4.72. The number of nitrogens with one attached hydrogen (secondary N) is 1. The van der Waals surface area contributed by atoms with E-state index in [2.05, 4.69) is 40.6 Å². The predicted molar refractivity (Wildman–Crippen MR) is 113 cm³/mol. The van der Waals surface area contributed by atoms with E-state index in [4.69, 9.17) is 14.2 Å². The van der Waals surface area contributed by atoms with Gasteiger partial charge in [-0.15, -0.1) is 0 Å². The number of amides is 1. The van der Waals surface area contributed by atoms with E-state index in [9.17, 15) is 4.79 Å². The van der Waals surface area contributed by atoms with Gasteiger partial charge in [0.1, 0.15) is 0 Å². The fourth-order valence-electron chi connectivity index (χ4n) is 3.47. The number of benzene rings is 2. The summed E-state index contributed by atoms with van der Waals surface area (Å²) < 4.78 is 16.1. The SMILES string of the molecule is COc1cc(CNC(=O)CN2CC=C(c3ccccc3)CC2)cc(OC)c1OC. The molecule has 0 spiro atoms. The number of carbonyl (C=O) groups excluding carboxylic acids is 1. The molecule has 0 aromatic heterocycles. The van der Waals surface area contributed by atoms with Crippen LogP contribution in [0.4, 0.5) is 0 Å². The van der Waals surface area contributed by atoms with Crippen molar-refractivity contribution in [2.45, 2.75) is 13.0 Å². The number of methoxy groups -OCH3 is 3. The Kier molecular flexibility index (Phi) is 7.14. The van der Waals surface area contributed by atoms with Crippen molar-refractivity contribution < 1.29 is 19.0 Å². The van der Waals surface area contributed by atoms with E-state index in [1.54, 1.807) is 21.3 Å². The number of carbonyl (C=O) groups is 1. The lowest BCUT2D eigenvalue weighted by Crippen LogP contribution is -2.39. The first-order chi connectivity index (χ1) is 14.1. The molecule has 1 aliphatic heterocycles. The van der Waals surface area contributed by atoms with Gasteiger partial charge in [0.15, 0.2) is 11.5 Å². The molecule has 0 saturated heterocycles. The molecular formula is C23H28N2O4. The summed E-state index contributed by atoms with van der Waals surface area (Å²) in [5.41, 5.74) is 3.50. The molecule has 2 aromatic rings. The zero-order valence-electron chi connectivity index (χ0n) is 17.2. The minimum absolute atomic E-state index is 0.00434. The van der Waals surface area contributed by atoms with Crippen molar-refractivity contribution in [2.24, 2.45) is 0 Å². The molecule has 1 amide bonds. The van der Waals surface area contributed by atoms with Crippen LogP contribution in [0.1, 0.15) is 17.5 Å². The first-order valence-corrected chi connectivity index (χ1v) is 9.67. The second kappa shape index (κ2) is 9.98. The number of ether oxygens (including phenoxy) is 3. The van der Waals surface area contributed by atoms with E-state index in [0.29, 0.717) is 30.3 Å². The Bertz CT molecular complexity index is 839. The smallest absolute Gasteiger partial charge is 0.234 e. The van der Waals surface area contributed by atoms with Crippen LogP contribution in [0, 0.1) is 0 Å². The Labute approximate surface area is 172 Å². The molecule has 0 unspecified atom stereocenters. The highest BCUT2D eigenvalue weighted by molar-refractivity contribution is 5.78. The van der Waals surface area contributed by atoms with E-state index in [1.165, 1.54) is 11.1 Å². The highest BCUT2D eigenvalue weighted by Gasteiger charge is 2.17. The largest absolute Gasteiger partial charge is 0.493 e. The minimum Gasteiger partial charge on any atom is -0.493 e. The molecule has 6 nitrogen and oxygen atoms in total. The second-order valence-electron chi connectivity index (χ2n) is 6.89. The molecule has 6 heteroatoms. The summed E-state index contributed by atoms with van der Waals surface area (Å²) >= 11 is 0. The Balaban J connectivity index is 1.54. The highest BCUT2D eigenvalue weighted by Crippen LogP contribution is 2.38. The van der Waals surface area contributed by atoms with E-state index in [0.717, 1.165) is 25.1 Å². The first-order valence-electron chi connectivity index (χ1n) is 9.67. The van der Waals surface area contributed by atoms with Gasteiger partial charge < -0.3 is 19.5 Å². The van der Waals surface area contributed by atoms with Crippen molar-refractivity contribution in [3.05, 3.63) is 59.7 Å². The van der Waals surface area contributed by atoms with Gasteiger partial charge in [0, 0.05) is 19.6 Å². The van der Waals surface area contributed by atoms with Gasteiger partial charge >= 0.3 is 0 Å². The lowest BCUT2D eigenvalue weighted by molar-refractivity contribution is -0.122. The molecule has 0 fully saturated rings. The number of hydrogen-bond donors (Lipinski definition) is 1. The number of nitrogens with zero attached hydrogens (tertiary/aromatic N) is 1. The molecule has 0 saturated carbocycles. The van der Waals surface area contributed by atoms with Crippen LogP contribution >= 0.6 is 0 Å². The van der Waals surface area contributed by atoms with Crippen LogP contribution in [0.2, 0.25) is 0 Å². The Morgan fingerprint density at radius 2 is 1.72 bits per heavy atom. The zero-order chi connectivity index (χ0) is 20.6. The summed E-state index contributed by atoms with van der Waals surface area (Å²) in [6.45, 7) is 2.43. The van der Waals surface area contributed by atoms with Gasteiger partial charge in [-0.1, -0.05) is 36.4 Å². The van der Waals surface area contributed by atoms with Gasteiger partial charge in [-0.2, -0.15) is 0 Å².